The molecule has 0 bridgehead atoms. The molecule has 7 heteroatoms. The number of ether oxygens (including phenoxy) is 3. The van der Waals surface area contributed by atoms with Crippen LogP contribution >= 0.6 is 11.6 Å². The van der Waals surface area contributed by atoms with E-state index in [-0.39, 0.29) is 6.61 Å². The van der Waals surface area contributed by atoms with Crippen molar-refractivity contribution in [3.8, 4) is 23.3 Å². The fourth-order valence-electron chi connectivity index (χ4n) is 1.90. The summed E-state index contributed by atoms with van der Waals surface area (Å²) in [5.41, 5.74) is 0.707. The van der Waals surface area contributed by atoms with Gasteiger partial charge in [0.25, 0.3) is 0 Å². The number of pyridine rings is 1. The van der Waals surface area contributed by atoms with E-state index in [4.69, 9.17) is 25.8 Å². The van der Waals surface area contributed by atoms with Gasteiger partial charge in [-0.15, -0.1) is 0 Å². The van der Waals surface area contributed by atoms with Gasteiger partial charge in [-0.25, -0.2) is 15.0 Å². The van der Waals surface area contributed by atoms with Crippen LogP contribution in [0.1, 0.15) is 5.69 Å². The number of hydrogen-bond donors (Lipinski definition) is 0. The lowest BCUT2D eigenvalue weighted by molar-refractivity contribution is 0.286. The topological polar surface area (TPSA) is 66.4 Å². The van der Waals surface area contributed by atoms with Gasteiger partial charge in [-0.2, -0.15) is 0 Å². The van der Waals surface area contributed by atoms with E-state index < -0.39 is 0 Å². The molecule has 3 aromatic rings. The van der Waals surface area contributed by atoms with Crippen molar-refractivity contribution >= 4 is 11.6 Å². The summed E-state index contributed by atoms with van der Waals surface area (Å²) in [5, 5.41) is 0.419. The van der Waals surface area contributed by atoms with Crippen LogP contribution in [0.25, 0.3) is 0 Å². The van der Waals surface area contributed by atoms with E-state index in [0.29, 0.717) is 28.4 Å². The van der Waals surface area contributed by atoms with Crippen molar-refractivity contribution in [2.24, 2.45) is 0 Å². The fourth-order valence-corrected chi connectivity index (χ4v) is 2.08. The third kappa shape index (κ3) is 4.33. The maximum atomic E-state index is 5.84. The minimum absolute atomic E-state index is 0.250. The average Bonchev–Trinajstić information content (AvgIpc) is 2.61. The number of nitrogens with zero attached hydrogens (tertiary/aromatic N) is 3. The van der Waals surface area contributed by atoms with Crippen molar-refractivity contribution in [2.75, 3.05) is 7.11 Å². The van der Waals surface area contributed by atoms with E-state index in [1.807, 2.05) is 12.1 Å². The molecule has 0 radical (unpaired) electrons. The van der Waals surface area contributed by atoms with Crippen molar-refractivity contribution in [1.82, 2.24) is 15.0 Å². The Balaban J connectivity index is 1.65. The normalized spacial score (nSPS) is 10.2. The summed E-state index contributed by atoms with van der Waals surface area (Å²) in [6.45, 7) is 0.250. The van der Waals surface area contributed by atoms with Crippen LogP contribution < -0.4 is 14.2 Å². The molecule has 6 nitrogen and oxygen atoms in total. The van der Waals surface area contributed by atoms with Crippen LogP contribution in [-0.4, -0.2) is 22.1 Å². The minimum atomic E-state index is 0.250. The molecule has 0 aliphatic rings. The largest absolute Gasteiger partial charge is 0.497 e. The lowest BCUT2D eigenvalue weighted by atomic mass is 10.3. The Labute approximate surface area is 144 Å². The highest BCUT2D eigenvalue weighted by molar-refractivity contribution is 6.29. The molecule has 0 saturated carbocycles. The molecular weight excluding hydrogens is 330 g/mol. The molecule has 0 N–H and O–H groups in total. The first-order valence-electron chi connectivity index (χ1n) is 7.11. The Morgan fingerprint density at radius 3 is 2.46 bits per heavy atom. The molecule has 0 spiro atoms. The quantitative estimate of drug-likeness (QED) is 0.632. The number of benzene rings is 1. The van der Waals surface area contributed by atoms with Gasteiger partial charge in [0.1, 0.15) is 29.6 Å². The molecule has 2 aromatic heterocycles. The number of halogens is 1. The van der Waals surface area contributed by atoms with Gasteiger partial charge in [0.15, 0.2) is 0 Å². The van der Waals surface area contributed by atoms with Crippen molar-refractivity contribution in [3.05, 3.63) is 65.7 Å². The first-order chi connectivity index (χ1) is 11.7. The van der Waals surface area contributed by atoms with Crippen LogP contribution in [0.3, 0.4) is 0 Å². The Morgan fingerprint density at radius 1 is 0.958 bits per heavy atom. The first kappa shape index (κ1) is 16.0. The van der Waals surface area contributed by atoms with Crippen LogP contribution in [0, 0.1) is 0 Å². The molecule has 0 fully saturated rings. The molecule has 0 unspecified atom stereocenters. The van der Waals surface area contributed by atoms with Crippen LogP contribution in [0.4, 0.5) is 0 Å². The molecule has 0 aliphatic heterocycles. The highest BCUT2D eigenvalue weighted by atomic mass is 35.5. The summed E-state index contributed by atoms with van der Waals surface area (Å²) in [6, 6.07) is 14.1. The molecule has 0 amide bonds. The number of hydrogen-bond acceptors (Lipinski definition) is 6. The highest BCUT2D eigenvalue weighted by Crippen LogP contribution is 2.24. The summed E-state index contributed by atoms with van der Waals surface area (Å²) in [7, 11) is 1.61. The lowest BCUT2D eigenvalue weighted by Gasteiger charge is -2.08. The van der Waals surface area contributed by atoms with Crippen molar-refractivity contribution in [1.29, 1.82) is 0 Å². The van der Waals surface area contributed by atoms with Gasteiger partial charge < -0.3 is 14.2 Å². The SMILES string of the molecule is COc1ccc(Oc2cc(OCc3cccc(Cl)n3)ncn2)cc1. The van der Waals surface area contributed by atoms with Crippen LogP contribution in [-0.2, 0) is 6.61 Å². The van der Waals surface area contributed by atoms with Gasteiger partial charge in [-0.1, -0.05) is 17.7 Å². The van der Waals surface area contributed by atoms with Gasteiger partial charge >= 0.3 is 0 Å². The zero-order chi connectivity index (χ0) is 16.8. The molecule has 3 rings (SSSR count). The first-order valence-corrected chi connectivity index (χ1v) is 7.49. The van der Waals surface area contributed by atoms with Crippen molar-refractivity contribution < 1.29 is 14.2 Å². The molecular formula is C17H14ClN3O3. The second kappa shape index (κ2) is 7.61. The molecule has 0 aliphatic carbocycles. The van der Waals surface area contributed by atoms with Gasteiger partial charge in [0.05, 0.1) is 18.9 Å². The smallest absolute Gasteiger partial charge is 0.226 e. The number of rotatable bonds is 6. The lowest BCUT2D eigenvalue weighted by Crippen LogP contribution is -2.00. The van der Waals surface area contributed by atoms with Gasteiger partial charge in [-0.05, 0) is 36.4 Å². The molecule has 2 heterocycles. The monoisotopic (exact) mass is 343 g/mol. The maximum absolute atomic E-state index is 5.84. The zero-order valence-electron chi connectivity index (χ0n) is 12.8. The summed E-state index contributed by atoms with van der Waals surface area (Å²) in [6.07, 6.45) is 1.37. The van der Waals surface area contributed by atoms with Gasteiger partial charge in [0.2, 0.25) is 11.8 Å². The summed E-state index contributed by atoms with van der Waals surface area (Å²) in [4.78, 5) is 12.3. The maximum Gasteiger partial charge on any atom is 0.226 e. The van der Waals surface area contributed by atoms with E-state index in [0.717, 1.165) is 5.75 Å². The molecule has 24 heavy (non-hydrogen) atoms. The third-order valence-electron chi connectivity index (χ3n) is 3.04. The van der Waals surface area contributed by atoms with E-state index in [9.17, 15) is 0 Å². The van der Waals surface area contributed by atoms with Crippen molar-refractivity contribution in [2.45, 2.75) is 6.61 Å². The van der Waals surface area contributed by atoms with Crippen molar-refractivity contribution in [3.63, 3.8) is 0 Å². The van der Waals surface area contributed by atoms with Gasteiger partial charge in [-0.3, -0.25) is 0 Å². The zero-order valence-corrected chi connectivity index (χ0v) is 13.6. The van der Waals surface area contributed by atoms with Crippen LogP contribution in [0.2, 0.25) is 5.15 Å². The molecule has 122 valence electrons. The number of aromatic nitrogens is 3. The third-order valence-corrected chi connectivity index (χ3v) is 3.25. The predicted molar refractivity (Wildman–Crippen MR) is 88.7 cm³/mol. The summed E-state index contributed by atoms with van der Waals surface area (Å²) >= 11 is 5.84. The Kier molecular flexibility index (Phi) is 5.08. The second-order valence-electron chi connectivity index (χ2n) is 4.71. The Hall–Kier alpha value is -2.86. The standard InChI is InChI=1S/C17H14ClN3O3/c1-22-13-5-7-14(8-6-13)24-17-9-16(19-11-20-17)23-10-12-3-2-4-15(18)21-12/h2-9,11H,10H2,1H3. The van der Waals surface area contributed by atoms with E-state index in [2.05, 4.69) is 15.0 Å². The predicted octanol–water partition coefficient (Wildman–Crippen LogP) is 3.90. The fraction of sp³-hybridized carbons (Fsp3) is 0.118. The Bertz CT molecular complexity index is 812. The molecule has 0 atom stereocenters. The van der Waals surface area contributed by atoms with Crippen LogP contribution in [0.15, 0.2) is 54.9 Å². The molecule has 0 saturated heterocycles. The van der Waals surface area contributed by atoms with E-state index in [1.54, 1.807) is 43.5 Å². The van der Waals surface area contributed by atoms with E-state index in [1.165, 1.54) is 6.33 Å². The van der Waals surface area contributed by atoms with Crippen LogP contribution in [0.5, 0.6) is 23.3 Å². The van der Waals surface area contributed by atoms with Gasteiger partial charge in [0, 0.05) is 0 Å². The highest BCUT2D eigenvalue weighted by Gasteiger charge is 2.04. The average molecular weight is 344 g/mol. The number of methoxy groups -OCH3 is 1. The summed E-state index contributed by atoms with van der Waals surface area (Å²) in [5.74, 6) is 2.15. The van der Waals surface area contributed by atoms with E-state index >= 15 is 0 Å². The minimum Gasteiger partial charge on any atom is -0.497 e. The molecule has 1 aromatic carbocycles. The second-order valence-corrected chi connectivity index (χ2v) is 5.10. The summed E-state index contributed by atoms with van der Waals surface area (Å²) < 4.78 is 16.4. The Morgan fingerprint density at radius 2 is 1.71 bits per heavy atom.